The van der Waals surface area contributed by atoms with Gasteiger partial charge >= 0.3 is 0 Å². The molecule has 1 aromatic heterocycles. The number of halogens is 1. The number of nitro groups is 1. The summed E-state index contributed by atoms with van der Waals surface area (Å²) in [6.07, 6.45) is 0.843. The summed E-state index contributed by atoms with van der Waals surface area (Å²) in [4.78, 5) is 23.5. The number of aryl methyl sites for hydroxylation is 1. The van der Waals surface area contributed by atoms with Gasteiger partial charge in [0.15, 0.2) is 5.11 Å². The predicted octanol–water partition coefficient (Wildman–Crippen LogP) is 1.77. The minimum Gasteiger partial charge on any atom is -0.299 e. The molecule has 12 heteroatoms. The van der Waals surface area contributed by atoms with E-state index in [1.165, 1.54) is 16.9 Å². The highest BCUT2D eigenvalue weighted by molar-refractivity contribution is 7.80. The van der Waals surface area contributed by atoms with E-state index in [4.69, 9.17) is 23.8 Å². The third-order valence-electron chi connectivity index (χ3n) is 2.74. The summed E-state index contributed by atoms with van der Waals surface area (Å²) in [5.74, 6) is -0.475. The molecule has 126 valence electrons. The maximum Gasteiger partial charge on any atom is 0.270 e. The summed E-state index contributed by atoms with van der Waals surface area (Å²) < 4.78 is 0. The monoisotopic (exact) mass is 369 g/mol. The van der Waals surface area contributed by atoms with Gasteiger partial charge in [-0.2, -0.15) is 4.80 Å². The fraction of sp³-hybridized carbons (Fsp3) is 0.250. The van der Waals surface area contributed by atoms with Crippen LogP contribution >= 0.6 is 23.8 Å². The van der Waals surface area contributed by atoms with Crippen LogP contribution in [0, 0.1) is 10.1 Å². The van der Waals surface area contributed by atoms with Crippen molar-refractivity contribution in [2.75, 3.05) is 5.32 Å². The van der Waals surface area contributed by atoms with Gasteiger partial charge in [-0.15, -0.1) is 5.10 Å². The average Bonchev–Trinajstić information content (AvgIpc) is 2.94. The first kappa shape index (κ1) is 17.7. The lowest BCUT2D eigenvalue weighted by Gasteiger charge is -2.07. The van der Waals surface area contributed by atoms with Gasteiger partial charge in [-0.05, 0) is 29.9 Å². The van der Waals surface area contributed by atoms with E-state index >= 15 is 0 Å². The third-order valence-corrected chi connectivity index (χ3v) is 3.25. The topological polar surface area (TPSA) is 128 Å². The van der Waals surface area contributed by atoms with Gasteiger partial charge in [0.25, 0.3) is 17.5 Å². The molecular weight excluding hydrogens is 358 g/mol. The summed E-state index contributed by atoms with van der Waals surface area (Å²) in [5, 5.41) is 27.1. The first-order valence-corrected chi connectivity index (χ1v) is 7.53. The smallest absolute Gasteiger partial charge is 0.270 e. The molecule has 0 saturated carbocycles. The van der Waals surface area contributed by atoms with Crippen LogP contribution in [0.5, 0.6) is 0 Å². The second-order valence-electron chi connectivity index (χ2n) is 4.54. The average molecular weight is 370 g/mol. The molecule has 2 aromatic rings. The molecule has 2 N–H and O–H groups in total. The van der Waals surface area contributed by atoms with E-state index in [1.807, 2.05) is 6.92 Å². The van der Waals surface area contributed by atoms with Crippen molar-refractivity contribution in [2.24, 2.45) is 0 Å². The van der Waals surface area contributed by atoms with E-state index in [9.17, 15) is 14.9 Å². The molecule has 0 unspecified atom stereocenters. The lowest BCUT2D eigenvalue weighted by Crippen LogP contribution is -2.34. The Bertz CT molecular complexity index is 795. The molecule has 1 aromatic carbocycles. The molecule has 0 aliphatic heterocycles. The lowest BCUT2D eigenvalue weighted by atomic mass is 10.2. The Morgan fingerprint density at radius 2 is 2.25 bits per heavy atom. The number of rotatable bonds is 5. The van der Waals surface area contributed by atoms with Gasteiger partial charge < -0.3 is 0 Å². The molecule has 0 saturated heterocycles. The second-order valence-corrected chi connectivity index (χ2v) is 5.35. The van der Waals surface area contributed by atoms with Crippen molar-refractivity contribution in [3.05, 3.63) is 38.9 Å². The molecule has 0 bridgehead atoms. The number of amides is 1. The first-order valence-electron chi connectivity index (χ1n) is 6.74. The van der Waals surface area contributed by atoms with E-state index < -0.39 is 10.8 Å². The number of hydrogen-bond acceptors (Lipinski definition) is 7. The van der Waals surface area contributed by atoms with Crippen molar-refractivity contribution in [1.82, 2.24) is 25.5 Å². The Balaban J connectivity index is 2.00. The zero-order chi connectivity index (χ0) is 17.7. The van der Waals surface area contributed by atoms with E-state index in [2.05, 4.69) is 26.0 Å². The van der Waals surface area contributed by atoms with Gasteiger partial charge in [0, 0.05) is 12.1 Å². The molecule has 1 heterocycles. The number of nitrogens with one attached hydrogen (secondary N) is 2. The highest BCUT2D eigenvalue weighted by Crippen LogP contribution is 2.22. The summed E-state index contributed by atoms with van der Waals surface area (Å²) in [5.41, 5.74) is -0.164. The minimum absolute atomic E-state index is 0.0500. The minimum atomic E-state index is -0.617. The Morgan fingerprint density at radius 3 is 2.88 bits per heavy atom. The van der Waals surface area contributed by atoms with Crippen molar-refractivity contribution < 1.29 is 9.72 Å². The number of carbonyl (C=O) groups is 1. The van der Waals surface area contributed by atoms with Crippen LogP contribution in [0.1, 0.15) is 23.7 Å². The van der Waals surface area contributed by atoms with Crippen LogP contribution in [0.2, 0.25) is 5.02 Å². The molecule has 0 radical (unpaired) electrons. The van der Waals surface area contributed by atoms with Crippen LogP contribution in [0.3, 0.4) is 0 Å². The predicted molar refractivity (Wildman–Crippen MR) is 89.9 cm³/mol. The third kappa shape index (κ3) is 4.43. The molecule has 0 spiro atoms. The van der Waals surface area contributed by atoms with Gasteiger partial charge in [-0.1, -0.05) is 23.6 Å². The molecular formula is C12H12ClN7O3S. The van der Waals surface area contributed by atoms with Crippen LogP contribution in [-0.2, 0) is 6.54 Å². The number of benzene rings is 1. The van der Waals surface area contributed by atoms with Crippen molar-refractivity contribution in [3.8, 4) is 0 Å². The van der Waals surface area contributed by atoms with Gasteiger partial charge in [-0.25, -0.2) is 0 Å². The molecule has 0 aliphatic carbocycles. The van der Waals surface area contributed by atoms with Crippen LogP contribution in [0.4, 0.5) is 11.6 Å². The van der Waals surface area contributed by atoms with Crippen molar-refractivity contribution >= 4 is 46.5 Å². The lowest BCUT2D eigenvalue weighted by molar-refractivity contribution is -0.384. The maximum absolute atomic E-state index is 12.1. The second kappa shape index (κ2) is 7.75. The number of anilines is 1. The summed E-state index contributed by atoms with van der Waals surface area (Å²) >= 11 is 10.9. The van der Waals surface area contributed by atoms with Gasteiger partial charge in [-0.3, -0.25) is 25.5 Å². The number of hydrogen-bond donors (Lipinski definition) is 2. The van der Waals surface area contributed by atoms with Crippen LogP contribution in [0.25, 0.3) is 0 Å². The van der Waals surface area contributed by atoms with E-state index in [0.717, 1.165) is 12.5 Å². The maximum atomic E-state index is 12.1. The summed E-state index contributed by atoms with van der Waals surface area (Å²) in [6.45, 7) is 2.57. The standard InChI is InChI=1S/C12H12ClN7O3S/c1-2-5-19-17-11(16-18-19)15-12(24)14-10(21)8-4-3-7(20(22)23)6-9(8)13/h3-4,6H,2,5H2,1H3,(H2,14,15,17,21,24). The molecule has 0 atom stereocenters. The van der Waals surface area contributed by atoms with Crippen molar-refractivity contribution in [2.45, 2.75) is 19.9 Å². The number of carbonyl (C=O) groups excluding carboxylic acids is 1. The van der Waals surface area contributed by atoms with E-state index in [-0.39, 0.29) is 27.3 Å². The number of nitrogens with zero attached hydrogens (tertiary/aromatic N) is 5. The number of tetrazole rings is 1. The highest BCUT2D eigenvalue weighted by Gasteiger charge is 2.16. The summed E-state index contributed by atoms with van der Waals surface area (Å²) in [6, 6.07) is 3.51. The SMILES string of the molecule is CCCn1nnc(NC(=S)NC(=O)c2ccc([N+](=O)[O-])cc2Cl)n1. The zero-order valence-corrected chi connectivity index (χ0v) is 14.0. The molecule has 1 amide bonds. The molecule has 0 fully saturated rings. The molecule has 2 rings (SSSR count). The number of aromatic nitrogens is 4. The van der Waals surface area contributed by atoms with E-state index in [1.54, 1.807) is 0 Å². The fourth-order valence-electron chi connectivity index (χ4n) is 1.69. The Hall–Kier alpha value is -2.66. The first-order chi connectivity index (χ1) is 11.4. The fourth-order valence-corrected chi connectivity index (χ4v) is 2.14. The molecule has 10 nitrogen and oxygen atoms in total. The van der Waals surface area contributed by atoms with Gasteiger partial charge in [0.2, 0.25) is 0 Å². The quantitative estimate of drug-likeness (QED) is 0.463. The summed E-state index contributed by atoms with van der Waals surface area (Å²) in [7, 11) is 0. The zero-order valence-electron chi connectivity index (χ0n) is 12.4. The normalized spacial score (nSPS) is 10.2. The van der Waals surface area contributed by atoms with Crippen LogP contribution in [-0.4, -0.2) is 36.2 Å². The van der Waals surface area contributed by atoms with Gasteiger partial charge in [0.05, 0.1) is 22.1 Å². The van der Waals surface area contributed by atoms with Crippen LogP contribution < -0.4 is 10.6 Å². The van der Waals surface area contributed by atoms with Crippen molar-refractivity contribution in [3.63, 3.8) is 0 Å². The Kier molecular flexibility index (Phi) is 5.71. The largest absolute Gasteiger partial charge is 0.299 e. The Labute approximate surface area is 146 Å². The Morgan fingerprint density at radius 1 is 1.50 bits per heavy atom. The highest BCUT2D eigenvalue weighted by atomic mass is 35.5. The number of nitro benzene ring substituents is 1. The van der Waals surface area contributed by atoms with Crippen molar-refractivity contribution in [1.29, 1.82) is 0 Å². The number of non-ortho nitro benzene ring substituents is 1. The molecule has 24 heavy (non-hydrogen) atoms. The molecule has 0 aliphatic rings. The van der Waals surface area contributed by atoms with Gasteiger partial charge in [0.1, 0.15) is 0 Å². The van der Waals surface area contributed by atoms with Crippen LogP contribution in [0.15, 0.2) is 18.2 Å². The van der Waals surface area contributed by atoms with E-state index in [0.29, 0.717) is 6.54 Å². The number of thiocarbonyl (C=S) groups is 1.